The maximum absolute atomic E-state index is 5.77. The van der Waals surface area contributed by atoms with E-state index in [1.165, 1.54) is 0 Å². The Hall–Kier alpha value is -2.63. The lowest BCUT2D eigenvalue weighted by atomic mass is 10.1. The predicted octanol–water partition coefficient (Wildman–Crippen LogP) is 2.39. The normalized spacial score (nSPS) is 10.8. The molecule has 0 aliphatic carbocycles. The molecule has 3 aromatic rings. The predicted molar refractivity (Wildman–Crippen MR) is 77.3 cm³/mol. The molecule has 3 N–H and O–H groups in total. The Morgan fingerprint density at radius 2 is 2.10 bits per heavy atom. The molecule has 0 bridgehead atoms. The van der Waals surface area contributed by atoms with Gasteiger partial charge in [0.1, 0.15) is 5.75 Å². The minimum absolute atomic E-state index is 0.210. The van der Waals surface area contributed by atoms with Gasteiger partial charge in [-0.15, -0.1) is 0 Å². The molecule has 102 valence electrons. The van der Waals surface area contributed by atoms with Crippen molar-refractivity contribution >= 4 is 17.0 Å². The summed E-state index contributed by atoms with van der Waals surface area (Å²) in [5, 5.41) is 7.63. The van der Waals surface area contributed by atoms with Crippen molar-refractivity contribution in [2.24, 2.45) is 0 Å². The van der Waals surface area contributed by atoms with Crippen LogP contribution >= 0.6 is 0 Å². The lowest BCUT2D eigenvalue weighted by molar-refractivity contribution is 0.318. The van der Waals surface area contributed by atoms with Crippen LogP contribution < -0.4 is 10.5 Å². The summed E-state index contributed by atoms with van der Waals surface area (Å²) < 4.78 is 5.77. The highest BCUT2D eigenvalue weighted by Crippen LogP contribution is 2.32. The molecule has 0 amide bonds. The fourth-order valence-corrected chi connectivity index (χ4v) is 2.06. The van der Waals surface area contributed by atoms with Crippen molar-refractivity contribution in [3.63, 3.8) is 0 Å². The Morgan fingerprint density at radius 1 is 1.25 bits per heavy atom. The van der Waals surface area contributed by atoms with Gasteiger partial charge in [0.2, 0.25) is 5.95 Å². The van der Waals surface area contributed by atoms with E-state index < -0.39 is 0 Å². The van der Waals surface area contributed by atoms with Crippen molar-refractivity contribution in [1.82, 2.24) is 20.2 Å². The van der Waals surface area contributed by atoms with E-state index in [2.05, 4.69) is 27.1 Å². The third kappa shape index (κ3) is 2.16. The van der Waals surface area contributed by atoms with Crippen LogP contribution in [0.1, 0.15) is 13.3 Å². The molecule has 2 aromatic heterocycles. The number of hydrogen-bond donors (Lipinski definition) is 2. The molecule has 2 heterocycles. The Morgan fingerprint density at radius 3 is 2.95 bits per heavy atom. The summed E-state index contributed by atoms with van der Waals surface area (Å²) in [6, 6.07) is 7.76. The maximum Gasteiger partial charge on any atom is 0.222 e. The molecule has 20 heavy (non-hydrogen) atoms. The van der Waals surface area contributed by atoms with E-state index in [0.29, 0.717) is 12.3 Å². The lowest BCUT2D eigenvalue weighted by Gasteiger charge is -2.11. The van der Waals surface area contributed by atoms with Crippen molar-refractivity contribution < 1.29 is 4.74 Å². The largest absolute Gasteiger partial charge is 0.493 e. The SMILES string of the molecule is CCCOc1ccccc1-c1nc(N)nc2[nH]ncc12. The number of aromatic amines is 1. The van der Waals surface area contributed by atoms with Gasteiger partial charge < -0.3 is 10.5 Å². The van der Waals surface area contributed by atoms with Gasteiger partial charge >= 0.3 is 0 Å². The Balaban J connectivity index is 2.17. The zero-order valence-corrected chi connectivity index (χ0v) is 11.1. The van der Waals surface area contributed by atoms with E-state index in [1.807, 2.05) is 24.3 Å². The van der Waals surface area contributed by atoms with E-state index in [0.717, 1.165) is 28.8 Å². The number of para-hydroxylation sites is 1. The van der Waals surface area contributed by atoms with Crippen molar-refractivity contribution in [3.05, 3.63) is 30.5 Å². The highest BCUT2D eigenvalue weighted by atomic mass is 16.5. The van der Waals surface area contributed by atoms with E-state index in [9.17, 15) is 0 Å². The number of anilines is 1. The zero-order chi connectivity index (χ0) is 13.9. The molecule has 0 spiro atoms. The molecular weight excluding hydrogens is 254 g/mol. The summed E-state index contributed by atoms with van der Waals surface area (Å²) in [6.07, 6.45) is 2.64. The highest BCUT2D eigenvalue weighted by Gasteiger charge is 2.14. The average Bonchev–Trinajstić information content (AvgIpc) is 2.92. The topological polar surface area (TPSA) is 89.7 Å². The zero-order valence-electron chi connectivity index (χ0n) is 11.1. The van der Waals surface area contributed by atoms with E-state index >= 15 is 0 Å². The summed E-state index contributed by atoms with van der Waals surface area (Å²) in [7, 11) is 0. The highest BCUT2D eigenvalue weighted by molar-refractivity contribution is 5.92. The molecule has 0 radical (unpaired) electrons. The first-order chi connectivity index (χ1) is 9.79. The van der Waals surface area contributed by atoms with Crippen LogP contribution in [0.25, 0.3) is 22.3 Å². The van der Waals surface area contributed by atoms with Crippen molar-refractivity contribution in [3.8, 4) is 17.0 Å². The van der Waals surface area contributed by atoms with Crippen LogP contribution in [0.3, 0.4) is 0 Å². The summed E-state index contributed by atoms with van der Waals surface area (Å²) >= 11 is 0. The summed E-state index contributed by atoms with van der Waals surface area (Å²) in [4.78, 5) is 8.46. The van der Waals surface area contributed by atoms with Crippen LogP contribution in [0.4, 0.5) is 5.95 Å². The Bertz CT molecular complexity index is 737. The second-order valence-electron chi connectivity index (χ2n) is 4.41. The van der Waals surface area contributed by atoms with E-state index in [-0.39, 0.29) is 5.95 Å². The second kappa shape index (κ2) is 5.16. The van der Waals surface area contributed by atoms with Crippen LogP contribution in [0.15, 0.2) is 30.5 Å². The number of nitrogens with two attached hydrogens (primary N) is 1. The fraction of sp³-hybridized carbons (Fsp3) is 0.214. The van der Waals surface area contributed by atoms with Crippen molar-refractivity contribution in [2.45, 2.75) is 13.3 Å². The minimum Gasteiger partial charge on any atom is -0.493 e. The van der Waals surface area contributed by atoms with Gasteiger partial charge in [-0.1, -0.05) is 19.1 Å². The quantitative estimate of drug-likeness (QED) is 0.759. The molecule has 0 saturated heterocycles. The number of hydrogen-bond acceptors (Lipinski definition) is 5. The van der Waals surface area contributed by atoms with E-state index in [1.54, 1.807) is 6.20 Å². The molecule has 0 saturated carbocycles. The molecule has 0 aliphatic heterocycles. The third-order valence-corrected chi connectivity index (χ3v) is 2.93. The van der Waals surface area contributed by atoms with Crippen molar-refractivity contribution in [2.75, 3.05) is 12.3 Å². The van der Waals surface area contributed by atoms with Crippen molar-refractivity contribution in [1.29, 1.82) is 0 Å². The van der Waals surface area contributed by atoms with Gasteiger partial charge in [0.25, 0.3) is 0 Å². The van der Waals surface area contributed by atoms with Gasteiger partial charge in [-0.2, -0.15) is 10.1 Å². The molecule has 0 unspecified atom stereocenters. The molecule has 3 rings (SSSR count). The van der Waals surface area contributed by atoms with Gasteiger partial charge in [0.05, 0.1) is 23.9 Å². The van der Waals surface area contributed by atoms with Gasteiger partial charge in [-0.3, -0.25) is 5.10 Å². The molecule has 6 nitrogen and oxygen atoms in total. The molecule has 0 atom stereocenters. The first kappa shape index (κ1) is 12.4. The van der Waals surface area contributed by atoms with Crippen LogP contribution in [0.2, 0.25) is 0 Å². The second-order valence-corrected chi connectivity index (χ2v) is 4.41. The number of rotatable bonds is 4. The first-order valence-corrected chi connectivity index (χ1v) is 6.48. The number of aromatic nitrogens is 4. The maximum atomic E-state index is 5.77. The summed E-state index contributed by atoms with van der Waals surface area (Å²) in [5.74, 6) is 0.997. The molecule has 0 aliphatic rings. The number of nitrogens with one attached hydrogen (secondary N) is 1. The Kier molecular flexibility index (Phi) is 3.20. The van der Waals surface area contributed by atoms with Gasteiger partial charge in [0.15, 0.2) is 5.65 Å². The van der Waals surface area contributed by atoms with E-state index in [4.69, 9.17) is 10.5 Å². The Labute approximate surface area is 116 Å². The average molecular weight is 269 g/mol. The van der Waals surface area contributed by atoms with Crippen LogP contribution in [0, 0.1) is 0 Å². The third-order valence-electron chi connectivity index (χ3n) is 2.93. The summed E-state index contributed by atoms with van der Waals surface area (Å²) in [6.45, 7) is 2.73. The van der Waals surface area contributed by atoms with Crippen LogP contribution in [-0.2, 0) is 0 Å². The van der Waals surface area contributed by atoms with Crippen LogP contribution in [0.5, 0.6) is 5.75 Å². The molecule has 6 heteroatoms. The van der Waals surface area contributed by atoms with Gasteiger partial charge in [-0.05, 0) is 18.6 Å². The standard InChI is InChI=1S/C14H15N5O/c1-2-7-20-11-6-4-3-5-9(11)12-10-8-16-19-13(10)18-14(15)17-12/h3-6,8H,2,7H2,1H3,(H3,15,16,17,18,19). The number of nitrogens with zero attached hydrogens (tertiary/aromatic N) is 3. The number of nitrogen functional groups attached to an aromatic ring is 1. The first-order valence-electron chi connectivity index (χ1n) is 6.48. The number of ether oxygens (including phenoxy) is 1. The summed E-state index contributed by atoms with van der Waals surface area (Å²) in [5.41, 5.74) is 8.00. The number of benzene rings is 1. The number of H-pyrrole nitrogens is 1. The number of fused-ring (bicyclic) bond motifs is 1. The molecular formula is C14H15N5O. The minimum atomic E-state index is 0.210. The monoisotopic (exact) mass is 269 g/mol. The van der Waals surface area contributed by atoms with Gasteiger partial charge in [-0.25, -0.2) is 4.98 Å². The fourth-order valence-electron chi connectivity index (χ4n) is 2.06. The smallest absolute Gasteiger partial charge is 0.222 e. The van der Waals surface area contributed by atoms with Gasteiger partial charge in [0, 0.05) is 5.56 Å². The lowest BCUT2D eigenvalue weighted by Crippen LogP contribution is -2.00. The molecule has 1 aromatic carbocycles. The van der Waals surface area contributed by atoms with Crippen LogP contribution in [-0.4, -0.2) is 26.8 Å². The molecule has 0 fully saturated rings.